The number of likely N-dealkylation sites (tertiary alicyclic amines) is 1. The van der Waals surface area contributed by atoms with Crippen molar-refractivity contribution in [3.63, 3.8) is 0 Å². The molecule has 7 nitrogen and oxygen atoms in total. The molecule has 4 heterocycles. The summed E-state index contributed by atoms with van der Waals surface area (Å²) in [5.74, 6) is -1.46. The molecular weight excluding hydrogens is 438 g/mol. The lowest BCUT2D eigenvalue weighted by Crippen LogP contribution is -2.56. The standard InChI is InChI=1S/C25H37N3O4S/c1-5-7-8-14-27-15-10-12-25-19(18-21(30)26(4)13-9-11-24(18,3)33-25)22(31)28(17(6-2)16-29)20(25)23(27)32/h9-12,17-20,29H,5-8,13-16H2,1-4H3/t17-,18-,19-,20?,24+,25-/m0/s1. The van der Waals surface area contributed by atoms with E-state index in [0.29, 0.717) is 26.1 Å². The molecule has 33 heavy (non-hydrogen) atoms. The van der Waals surface area contributed by atoms with Gasteiger partial charge in [0.2, 0.25) is 17.7 Å². The van der Waals surface area contributed by atoms with E-state index in [4.69, 9.17) is 0 Å². The normalized spacial score (nSPS) is 36.6. The molecule has 4 aliphatic heterocycles. The Labute approximate surface area is 201 Å². The SMILES string of the molecule is CCCCCN1CC=C[C@]23S[C@]4(C)C=CCN(C)C(=O)[C@@H]4[C@H]2C(=O)N([C@@H](CC)CO)C3C1=O. The molecule has 4 aliphatic rings. The van der Waals surface area contributed by atoms with E-state index in [1.807, 2.05) is 37.0 Å². The molecule has 0 aliphatic carbocycles. The van der Waals surface area contributed by atoms with Crippen LogP contribution in [0.25, 0.3) is 0 Å². The van der Waals surface area contributed by atoms with Crippen LogP contribution >= 0.6 is 11.8 Å². The summed E-state index contributed by atoms with van der Waals surface area (Å²) >= 11 is 1.60. The van der Waals surface area contributed by atoms with Gasteiger partial charge >= 0.3 is 0 Å². The summed E-state index contributed by atoms with van der Waals surface area (Å²) in [5, 5.41) is 10.1. The van der Waals surface area contributed by atoms with Gasteiger partial charge in [0.1, 0.15) is 6.04 Å². The smallest absolute Gasteiger partial charge is 0.247 e. The molecule has 0 aromatic heterocycles. The first kappa shape index (κ1) is 24.3. The molecule has 0 saturated carbocycles. The zero-order chi connectivity index (χ0) is 24.0. The number of amides is 3. The number of aliphatic hydroxyl groups is 1. The Bertz CT molecular complexity index is 872. The van der Waals surface area contributed by atoms with Crippen molar-refractivity contribution in [3.05, 3.63) is 24.3 Å². The average molecular weight is 476 g/mol. The Balaban J connectivity index is 1.83. The molecule has 1 unspecified atom stereocenters. The third-order valence-corrected chi connectivity index (χ3v) is 9.68. The fourth-order valence-corrected chi connectivity index (χ4v) is 8.33. The lowest BCUT2D eigenvalue weighted by molar-refractivity contribution is -0.147. The van der Waals surface area contributed by atoms with Crippen molar-refractivity contribution in [2.24, 2.45) is 11.8 Å². The highest BCUT2D eigenvalue weighted by Crippen LogP contribution is 2.65. The Hall–Kier alpha value is -1.80. The third-order valence-electron chi connectivity index (χ3n) is 7.89. The summed E-state index contributed by atoms with van der Waals surface area (Å²) in [6, 6.07) is -1.16. The molecular formula is C25H37N3O4S. The van der Waals surface area contributed by atoms with Gasteiger partial charge < -0.3 is 19.8 Å². The first-order valence-corrected chi connectivity index (χ1v) is 13.1. The molecule has 1 N–H and O–H groups in total. The van der Waals surface area contributed by atoms with E-state index in [1.165, 1.54) is 0 Å². The van der Waals surface area contributed by atoms with Crippen LogP contribution < -0.4 is 0 Å². The lowest BCUT2D eigenvalue weighted by Gasteiger charge is -2.39. The number of likely N-dealkylation sites (N-methyl/N-ethyl adjacent to an activating group) is 1. The van der Waals surface area contributed by atoms with Gasteiger partial charge in [-0.05, 0) is 19.8 Å². The molecule has 4 rings (SSSR count). The second kappa shape index (κ2) is 9.10. The highest BCUT2D eigenvalue weighted by atomic mass is 32.2. The largest absolute Gasteiger partial charge is 0.394 e. The van der Waals surface area contributed by atoms with Crippen LogP contribution in [0.15, 0.2) is 24.3 Å². The van der Waals surface area contributed by atoms with Crippen molar-refractivity contribution in [3.8, 4) is 0 Å². The minimum atomic E-state index is -0.826. The number of fused-ring (bicyclic) bond motifs is 2. The van der Waals surface area contributed by atoms with Crippen molar-refractivity contribution >= 4 is 29.5 Å². The maximum Gasteiger partial charge on any atom is 0.247 e. The topological polar surface area (TPSA) is 81.2 Å². The summed E-state index contributed by atoms with van der Waals surface area (Å²) in [4.78, 5) is 46.9. The van der Waals surface area contributed by atoms with Crippen molar-refractivity contribution in [2.75, 3.05) is 33.3 Å². The molecule has 2 saturated heterocycles. The van der Waals surface area contributed by atoms with Crippen LogP contribution in [-0.4, -0.2) is 92.4 Å². The fraction of sp³-hybridized carbons (Fsp3) is 0.720. The molecule has 182 valence electrons. The summed E-state index contributed by atoms with van der Waals surface area (Å²) in [5.41, 5.74) is 0. The van der Waals surface area contributed by atoms with E-state index in [9.17, 15) is 19.5 Å². The van der Waals surface area contributed by atoms with Gasteiger partial charge in [0.05, 0.1) is 29.2 Å². The second-order valence-electron chi connectivity index (χ2n) is 10.0. The fourth-order valence-electron chi connectivity index (χ4n) is 6.19. The monoisotopic (exact) mass is 475 g/mol. The molecule has 0 aromatic rings. The van der Waals surface area contributed by atoms with Crippen LogP contribution in [0, 0.1) is 11.8 Å². The number of carbonyl (C=O) groups excluding carboxylic acids is 3. The van der Waals surface area contributed by atoms with Gasteiger partial charge in [-0.1, -0.05) is 51.0 Å². The number of thioether (sulfide) groups is 1. The van der Waals surface area contributed by atoms with Gasteiger partial charge in [-0.25, -0.2) is 0 Å². The number of carbonyl (C=O) groups is 3. The molecule has 2 fully saturated rings. The molecule has 0 aromatic carbocycles. The third kappa shape index (κ3) is 3.64. The lowest BCUT2D eigenvalue weighted by atomic mass is 9.74. The minimum Gasteiger partial charge on any atom is -0.394 e. The van der Waals surface area contributed by atoms with Crippen molar-refractivity contribution in [1.29, 1.82) is 0 Å². The van der Waals surface area contributed by atoms with Gasteiger partial charge in [0, 0.05) is 31.4 Å². The van der Waals surface area contributed by atoms with Crippen LogP contribution in [0.1, 0.15) is 46.5 Å². The number of hydrogen-bond donors (Lipinski definition) is 1. The van der Waals surface area contributed by atoms with Gasteiger partial charge in [0.25, 0.3) is 0 Å². The van der Waals surface area contributed by atoms with Gasteiger partial charge in [-0.3, -0.25) is 14.4 Å². The molecule has 6 atom stereocenters. The Morgan fingerprint density at radius 3 is 2.45 bits per heavy atom. The van der Waals surface area contributed by atoms with Crippen LogP contribution in [0.4, 0.5) is 0 Å². The minimum absolute atomic E-state index is 0.0484. The number of rotatable bonds is 7. The molecule has 3 amide bonds. The second-order valence-corrected chi connectivity index (χ2v) is 11.8. The van der Waals surface area contributed by atoms with Crippen LogP contribution in [0.5, 0.6) is 0 Å². The summed E-state index contributed by atoms with van der Waals surface area (Å²) in [6.07, 6.45) is 11.7. The van der Waals surface area contributed by atoms with Crippen molar-refractivity contribution < 1.29 is 19.5 Å². The van der Waals surface area contributed by atoms with Crippen LogP contribution in [0.2, 0.25) is 0 Å². The highest BCUT2D eigenvalue weighted by Gasteiger charge is 2.74. The van der Waals surface area contributed by atoms with Crippen molar-refractivity contribution in [2.45, 2.75) is 68.0 Å². The van der Waals surface area contributed by atoms with Crippen LogP contribution in [0.3, 0.4) is 0 Å². The Kier molecular flexibility index (Phi) is 6.71. The predicted molar refractivity (Wildman–Crippen MR) is 130 cm³/mol. The van der Waals surface area contributed by atoms with E-state index >= 15 is 0 Å². The van der Waals surface area contributed by atoms with E-state index in [-0.39, 0.29) is 24.3 Å². The highest BCUT2D eigenvalue weighted by molar-refractivity contribution is 8.02. The number of hydrogen-bond acceptors (Lipinski definition) is 5. The zero-order valence-corrected chi connectivity index (χ0v) is 21.0. The van der Waals surface area contributed by atoms with Gasteiger partial charge in [0.15, 0.2) is 0 Å². The van der Waals surface area contributed by atoms with E-state index in [1.54, 1.807) is 28.6 Å². The Morgan fingerprint density at radius 1 is 1.06 bits per heavy atom. The maximum absolute atomic E-state index is 14.1. The summed E-state index contributed by atoms with van der Waals surface area (Å²) in [7, 11) is 1.77. The van der Waals surface area contributed by atoms with Crippen molar-refractivity contribution in [1.82, 2.24) is 14.7 Å². The number of aliphatic hydroxyl groups excluding tert-OH is 1. The summed E-state index contributed by atoms with van der Waals surface area (Å²) in [6.45, 7) is 7.57. The first-order chi connectivity index (χ1) is 15.8. The molecule has 0 radical (unpaired) electrons. The Morgan fingerprint density at radius 2 is 1.79 bits per heavy atom. The first-order valence-electron chi connectivity index (χ1n) is 12.3. The summed E-state index contributed by atoms with van der Waals surface area (Å²) < 4.78 is -1.40. The van der Waals surface area contributed by atoms with Gasteiger partial charge in [-0.15, -0.1) is 11.8 Å². The van der Waals surface area contributed by atoms with Crippen LogP contribution in [-0.2, 0) is 14.4 Å². The molecule has 0 bridgehead atoms. The number of unbranched alkanes of at least 4 members (excludes halogenated alkanes) is 2. The maximum atomic E-state index is 14.1. The van der Waals surface area contributed by atoms with Gasteiger partial charge in [-0.2, -0.15) is 0 Å². The van der Waals surface area contributed by atoms with E-state index in [0.717, 1.165) is 19.3 Å². The predicted octanol–water partition coefficient (Wildman–Crippen LogP) is 2.06. The molecule has 8 heteroatoms. The van der Waals surface area contributed by atoms with E-state index in [2.05, 4.69) is 13.0 Å². The zero-order valence-electron chi connectivity index (χ0n) is 20.2. The molecule has 1 spiro atoms. The number of nitrogens with zero attached hydrogens (tertiary/aromatic N) is 3. The average Bonchev–Trinajstić information content (AvgIpc) is 3.07. The quantitative estimate of drug-likeness (QED) is 0.450. The van der Waals surface area contributed by atoms with E-state index < -0.39 is 33.4 Å².